The smallest absolute Gasteiger partial charge is 0.258 e. The van der Waals surface area contributed by atoms with Crippen molar-refractivity contribution >= 4 is 5.91 Å². The van der Waals surface area contributed by atoms with Crippen LogP contribution < -0.4 is 4.74 Å². The SMILES string of the molecule is CCN(C(=O)c1cc(OC)ccc1O)C(C)CN(C)C. The highest BCUT2D eigenvalue weighted by molar-refractivity contribution is 5.97. The van der Waals surface area contributed by atoms with E-state index < -0.39 is 0 Å². The molecule has 0 heterocycles. The Morgan fingerprint density at radius 2 is 2.05 bits per heavy atom. The van der Waals surface area contributed by atoms with Gasteiger partial charge in [0.25, 0.3) is 5.91 Å². The number of rotatable bonds is 6. The standard InChI is InChI=1S/C15H24N2O3/c1-6-17(11(2)10-16(3)4)15(19)13-9-12(20-5)7-8-14(13)18/h7-9,11,18H,6,10H2,1-5H3. The van der Waals surface area contributed by atoms with Crippen molar-refractivity contribution in [1.82, 2.24) is 9.80 Å². The number of ether oxygens (including phenoxy) is 1. The second-order valence-electron chi connectivity index (χ2n) is 5.09. The third-order valence-electron chi connectivity index (χ3n) is 3.20. The minimum Gasteiger partial charge on any atom is -0.507 e. The number of phenols is 1. The normalized spacial score (nSPS) is 12.3. The van der Waals surface area contributed by atoms with Gasteiger partial charge < -0.3 is 19.6 Å². The summed E-state index contributed by atoms with van der Waals surface area (Å²) in [7, 11) is 5.47. The lowest BCUT2D eigenvalue weighted by atomic mass is 10.1. The van der Waals surface area contributed by atoms with E-state index in [1.807, 2.05) is 32.8 Å². The predicted octanol–water partition coefficient (Wildman–Crippen LogP) is 1.81. The van der Waals surface area contributed by atoms with Gasteiger partial charge in [-0.3, -0.25) is 4.79 Å². The van der Waals surface area contributed by atoms with E-state index in [1.54, 1.807) is 17.0 Å². The van der Waals surface area contributed by atoms with Gasteiger partial charge in [0.15, 0.2) is 0 Å². The van der Waals surface area contributed by atoms with Gasteiger partial charge >= 0.3 is 0 Å². The Bertz CT molecular complexity index is 460. The zero-order chi connectivity index (χ0) is 15.3. The second-order valence-corrected chi connectivity index (χ2v) is 5.09. The zero-order valence-corrected chi connectivity index (χ0v) is 12.9. The number of amides is 1. The van der Waals surface area contributed by atoms with Crippen molar-refractivity contribution in [2.75, 3.05) is 34.3 Å². The van der Waals surface area contributed by atoms with Crippen LogP contribution in [0.1, 0.15) is 24.2 Å². The van der Waals surface area contributed by atoms with E-state index >= 15 is 0 Å². The number of likely N-dealkylation sites (N-methyl/N-ethyl adjacent to an activating group) is 2. The largest absolute Gasteiger partial charge is 0.507 e. The van der Waals surface area contributed by atoms with E-state index in [4.69, 9.17) is 4.74 Å². The molecule has 0 radical (unpaired) electrons. The summed E-state index contributed by atoms with van der Waals surface area (Å²) in [5.41, 5.74) is 0.275. The topological polar surface area (TPSA) is 53.0 Å². The van der Waals surface area contributed by atoms with Crippen molar-refractivity contribution in [3.05, 3.63) is 23.8 Å². The number of phenolic OH excluding ortho intramolecular Hbond substituents is 1. The van der Waals surface area contributed by atoms with Crippen LogP contribution in [0.3, 0.4) is 0 Å². The fourth-order valence-electron chi connectivity index (χ4n) is 2.25. The van der Waals surface area contributed by atoms with Gasteiger partial charge in [-0.1, -0.05) is 0 Å². The van der Waals surface area contributed by atoms with Crippen LogP contribution in [0.4, 0.5) is 0 Å². The Labute approximate surface area is 120 Å². The Balaban J connectivity index is 3.01. The molecular formula is C15H24N2O3. The maximum atomic E-state index is 12.6. The van der Waals surface area contributed by atoms with Crippen LogP contribution in [0.5, 0.6) is 11.5 Å². The summed E-state index contributed by atoms with van der Waals surface area (Å²) in [6.07, 6.45) is 0. The highest BCUT2D eigenvalue weighted by Gasteiger charge is 2.23. The van der Waals surface area contributed by atoms with Crippen molar-refractivity contribution in [2.45, 2.75) is 19.9 Å². The summed E-state index contributed by atoms with van der Waals surface area (Å²) in [5, 5.41) is 9.90. The van der Waals surface area contributed by atoms with Crippen LogP contribution in [-0.4, -0.2) is 61.2 Å². The minimum atomic E-state index is -0.182. The van der Waals surface area contributed by atoms with Crippen LogP contribution in [0.25, 0.3) is 0 Å². The molecule has 1 aromatic carbocycles. The Kier molecular flexibility index (Phi) is 5.82. The van der Waals surface area contributed by atoms with E-state index in [2.05, 4.69) is 0 Å². The predicted molar refractivity (Wildman–Crippen MR) is 79.4 cm³/mol. The molecule has 0 aromatic heterocycles. The summed E-state index contributed by atoms with van der Waals surface area (Å²) < 4.78 is 5.11. The fraction of sp³-hybridized carbons (Fsp3) is 0.533. The molecule has 1 amide bonds. The molecular weight excluding hydrogens is 256 g/mol. The third kappa shape index (κ3) is 3.87. The average molecular weight is 280 g/mol. The molecule has 1 atom stereocenters. The molecule has 5 nitrogen and oxygen atoms in total. The van der Waals surface area contributed by atoms with Gasteiger partial charge in [0.05, 0.1) is 12.7 Å². The molecule has 0 bridgehead atoms. The van der Waals surface area contributed by atoms with Crippen LogP contribution in [-0.2, 0) is 0 Å². The lowest BCUT2D eigenvalue weighted by molar-refractivity contribution is 0.0675. The summed E-state index contributed by atoms with van der Waals surface area (Å²) in [4.78, 5) is 16.4. The molecule has 0 saturated carbocycles. The lowest BCUT2D eigenvalue weighted by Crippen LogP contribution is -2.43. The number of hydrogen-bond donors (Lipinski definition) is 1. The van der Waals surface area contributed by atoms with Crippen molar-refractivity contribution in [2.24, 2.45) is 0 Å². The molecule has 112 valence electrons. The van der Waals surface area contributed by atoms with Gasteiger partial charge in [-0.25, -0.2) is 0 Å². The van der Waals surface area contributed by atoms with Crippen molar-refractivity contribution in [1.29, 1.82) is 0 Å². The maximum absolute atomic E-state index is 12.6. The minimum absolute atomic E-state index is 0.0219. The van der Waals surface area contributed by atoms with E-state index in [0.717, 1.165) is 6.54 Å². The first-order valence-corrected chi connectivity index (χ1v) is 6.73. The summed E-state index contributed by atoms with van der Waals surface area (Å²) in [5.74, 6) is 0.354. The van der Waals surface area contributed by atoms with E-state index in [0.29, 0.717) is 12.3 Å². The van der Waals surface area contributed by atoms with Gasteiger partial charge in [-0.05, 0) is 46.1 Å². The summed E-state index contributed by atoms with van der Waals surface area (Å²) >= 11 is 0. The van der Waals surface area contributed by atoms with Crippen LogP contribution in [0.15, 0.2) is 18.2 Å². The van der Waals surface area contributed by atoms with Gasteiger partial charge in [0.1, 0.15) is 11.5 Å². The molecule has 0 aliphatic rings. The number of methoxy groups -OCH3 is 1. The molecule has 0 aliphatic carbocycles. The lowest BCUT2D eigenvalue weighted by Gasteiger charge is -2.30. The van der Waals surface area contributed by atoms with Gasteiger partial charge in [-0.2, -0.15) is 0 Å². The van der Waals surface area contributed by atoms with E-state index in [9.17, 15) is 9.90 Å². The summed E-state index contributed by atoms with van der Waals surface area (Å²) in [6.45, 7) is 5.29. The van der Waals surface area contributed by atoms with Crippen molar-refractivity contribution in [3.8, 4) is 11.5 Å². The summed E-state index contributed by atoms with van der Waals surface area (Å²) in [6, 6.07) is 4.75. The molecule has 0 aliphatic heterocycles. The highest BCUT2D eigenvalue weighted by atomic mass is 16.5. The van der Waals surface area contributed by atoms with Gasteiger partial charge in [0.2, 0.25) is 0 Å². The molecule has 0 fully saturated rings. The first-order valence-electron chi connectivity index (χ1n) is 6.73. The third-order valence-corrected chi connectivity index (χ3v) is 3.20. The number of nitrogens with zero attached hydrogens (tertiary/aromatic N) is 2. The molecule has 1 N–H and O–H groups in total. The van der Waals surface area contributed by atoms with Gasteiger partial charge in [-0.15, -0.1) is 0 Å². The zero-order valence-electron chi connectivity index (χ0n) is 12.9. The van der Waals surface area contributed by atoms with Crippen LogP contribution in [0, 0.1) is 0 Å². The quantitative estimate of drug-likeness (QED) is 0.863. The van der Waals surface area contributed by atoms with Crippen LogP contribution in [0.2, 0.25) is 0 Å². The van der Waals surface area contributed by atoms with Crippen molar-refractivity contribution in [3.63, 3.8) is 0 Å². The van der Waals surface area contributed by atoms with E-state index in [-0.39, 0.29) is 23.3 Å². The van der Waals surface area contributed by atoms with E-state index in [1.165, 1.54) is 13.2 Å². The number of benzene rings is 1. The molecule has 1 rings (SSSR count). The van der Waals surface area contributed by atoms with Crippen molar-refractivity contribution < 1.29 is 14.6 Å². The molecule has 1 aromatic rings. The monoisotopic (exact) mass is 280 g/mol. The number of aromatic hydroxyl groups is 1. The number of hydrogen-bond acceptors (Lipinski definition) is 4. The van der Waals surface area contributed by atoms with Gasteiger partial charge in [0, 0.05) is 19.1 Å². The first-order chi connectivity index (χ1) is 9.40. The Hall–Kier alpha value is -1.75. The number of carbonyl (C=O) groups is 1. The highest BCUT2D eigenvalue weighted by Crippen LogP contribution is 2.24. The maximum Gasteiger partial charge on any atom is 0.258 e. The van der Waals surface area contributed by atoms with Crippen LogP contribution >= 0.6 is 0 Å². The molecule has 20 heavy (non-hydrogen) atoms. The molecule has 0 saturated heterocycles. The fourth-order valence-corrected chi connectivity index (χ4v) is 2.25. The Morgan fingerprint density at radius 1 is 1.40 bits per heavy atom. The Morgan fingerprint density at radius 3 is 2.55 bits per heavy atom. The average Bonchev–Trinajstić information content (AvgIpc) is 2.39. The number of carbonyl (C=O) groups excluding carboxylic acids is 1. The second kappa shape index (κ2) is 7.14. The molecule has 0 spiro atoms. The first kappa shape index (κ1) is 16.3. The molecule has 5 heteroatoms. The molecule has 1 unspecified atom stereocenters.